The van der Waals surface area contributed by atoms with Crippen molar-refractivity contribution in [1.29, 1.82) is 0 Å². The van der Waals surface area contributed by atoms with E-state index < -0.39 is 5.97 Å². The Hall–Kier alpha value is -2.14. The molecule has 5 heteroatoms. The number of hydrogen-bond donors (Lipinski definition) is 1. The van der Waals surface area contributed by atoms with Gasteiger partial charge in [0.2, 0.25) is 0 Å². The highest BCUT2D eigenvalue weighted by molar-refractivity contribution is 5.66. The van der Waals surface area contributed by atoms with Crippen LogP contribution in [0.3, 0.4) is 0 Å². The first-order valence-electron chi connectivity index (χ1n) is 9.08. The van der Waals surface area contributed by atoms with Gasteiger partial charge in [0.1, 0.15) is 0 Å². The molecule has 0 bridgehead atoms. The number of rotatable bonds is 6. The second-order valence-electron chi connectivity index (χ2n) is 7.18. The minimum absolute atomic E-state index is 0.288. The van der Waals surface area contributed by atoms with E-state index in [0.29, 0.717) is 5.92 Å². The lowest BCUT2D eigenvalue weighted by molar-refractivity contribution is -0.137. The molecule has 2 heterocycles. The molecule has 134 valence electrons. The maximum atomic E-state index is 10.8. The topological polar surface area (TPSA) is 58.4 Å². The van der Waals surface area contributed by atoms with Crippen LogP contribution in [0.5, 0.6) is 0 Å². The van der Waals surface area contributed by atoms with E-state index in [4.69, 9.17) is 5.11 Å². The van der Waals surface area contributed by atoms with E-state index in [1.807, 2.05) is 11.6 Å². The van der Waals surface area contributed by atoms with E-state index in [9.17, 15) is 4.79 Å². The highest BCUT2D eigenvalue weighted by Gasteiger charge is 2.20. The van der Waals surface area contributed by atoms with Gasteiger partial charge >= 0.3 is 5.97 Å². The standard InChI is InChI=1S/C20H27N3O2/c1-15-12-16(2)23(21-15)19-8-5-18(6-9-19)14-22-11-3-4-17(13-22)7-10-20(24)25/h5-6,8-9,12,17H,3-4,7,10-11,13-14H2,1-2H3,(H,24,25). The maximum Gasteiger partial charge on any atom is 0.303 e. The largest absolute Gasteiger partial charge is 0.481 e. The second-order valence-corrected chi connectivity index (χ2v) is 7.18. The zero-order valence-electron chi connectivity index (χ0n) is 15.1. The number of aryl methyl sites for hydroxylation is 2. The van der Waals surface area contributed by atoms with Crippen LogP contribution in [0.4, 0.5) is 0 Å². The van der Waals surface area contributed by atoms with Gasteiger partial charge in [-0.05, 0) is 69.3 Å². The van der Waals surface area contributed by atoms with E-state index >= 15 is 0 Å². The Bertz CT molecular complexity index is 721. The third-order valence-corrected chi connectivity index (χ3v) is 4.97. The summed E-state index contributed by atoms with van der Waals surface area (Å²) in [6.07, 6.45) is 3.40. The molecule has 1 saturated heterocycles. The zero-order chi connectivity index (χ0) is 17.8. The van der Waals surface area contributed by atoms with Crippen molar-refractivity contribution in [2.45, 2.75) is 46.1 Å². The molecule has 5 nitrogen and oxygen atoms in total. The normalized spacial score (nSPS) is 18.4. The Morgan fingerprint density at radius 1 is 1.28 bits per heavy atom. The third kappa shape index (κ3) is 4.69. The van der Waals surface area contributed by atoms with Gasteiger partial charge in [-0.15, -0.1) is 0 Å². The molecule has 0 saturated carbocycles. The molecule has 0 amide bonds. The minimum atomic E-state index is -0.683. The minimum Gasteiger partial charge on any atom is -0.481 e. The number of carboxylic acid groups (broad SMARTS) is 1. The molecular weight excluding hydrogens is 314 g/mol. The lowest BCUT2D eigenvalue weighted by atomic mass is 9.93. The second kappa shape index (κ2) is 7.83. The molecule has 1 aliphatic rings. The Balaban J connectivity index is 1.59. The molecular formula is C20H27N3O2. The Morgan fingerprint density at radius 3 is 2.68 bits per heavy atom. The molecule has 1 atom stereocenters. The first kappa shape index (κ1) is 17.7. The van der Waals surface area contributed by atoms with Crippen LogP contribution in [-0.2, 0) is 11.3 Å². The van der Waals surface area contributed by atoms with Crippen LogP contribution in [0, 0.1) is 19.8 Å². The van der Waals surface area contributed by atoms with Crippen LogP contribution in [0.1, 0.15) is 42.6 Å². The summed E-state index contributed by atoms with van der Waals surface area (Å²) in [5, 5.41) is 13.4. The van der Waals surface area contributed by atoms with E-state index in [2.05, 4.69) is 47.3 Å². The fourth-order valence-corrected chi connectivity index (χ4v) is 3.75. The predicted molar refractivity (Wildman–Crippen MR) is 97.9 cm³/mol. The van der Waals surface area contributed by atoms with Gasteiger partial charge in [0.15, 0.2) is 0 Å². The van der Waals surface area contributed by atoms with Crippen molar-refractivity contribution in [3.8, 4) is 5.69 Å². The van der Waals surface area contributed by atoms with Crippen molar-refractivity contribution in [2.24, 2.45) is 5.92 Å². The number of likely N-dealkylation sites (tertiary alicyclic amines) is 1. The van der Waals surface area contributed by atoms with Gasteiger partial charge in [0, 0.05) is 25.2 Å². The molecule has 1 N–H and O–H groups in total. The van der Waals surface area contributed by atoms with Crippen molar-refractivity contribution in [2.75, 3.05) is 13.1 Å². The molecule has 1 aromatic heterocycles. The highest BCUT2D eigenvalue weighted by Crippen LogP contribution is 2.23. The van der Waals surface area contributed by atoms with Crippen molar-refractivity contribution >= 4 is 5.97 Å². The van der Waals surface area contributed by atoms with Crippen LogP contribution in [-0.4, -0.2) is 38.8 Å². The number of nitrogens with zero attached hydrogens (tertiary/aromatic N) is 3. The van der Waals surface area contributed by atoms with E-state index in [1.54, 1.807) is 0 Å². The fraction of sp³-hybridized carbons (Fsp3) is 0.500. The molecule has 0 spiro atoms. The zero-order valence-corrected chi connectivity index (χ0v) is 15.1. The molecule has 0 aliphatic carbocycles. The van der Waals surface area contributed by atoms with Crippen LogP contribution in [0.2, 0.25) is 0 Å². The number of carboxylic acids is 1. The summed E-state index contributed by atoms with van der Waals surface area (Å²) >= 11 is 0. The Morgan fingerprint density at radius 2 is 2.04 bits per heavy atom. The van der Waals surface area contributed by atoms with Gasteiger partial charge in [0.05, 0.1) is 11.4 Å². The summed E-state index contributed by atoms with van der Waals surface area (Å²) in [7, 11) is 0. The third-order valence-electron chi connectivity index (χ3n) is 4.97. The van der Waals surface area contributed by atoms with E-state index in [-0.39, 0.29) is 6.42 Å². The van der Waals surface area contributed by atoms with Gasteiger partial charge in [-0.1, -0.05) is 12.1 Å². The lowest BCUT2D eigenvalue weighted by Gasteiger charge is -2.32. The molecule has 2 aromatic rings. The van der Waals surface area contributed by atoms with Crippen molar-refractivity contribution in [3.63, 3.8) is 0 Å². The summed E-state index contributed by atoms with van der Waals surface area (Å²) in [6, 6.07) is 10.7. The summed E-state index contributed by atoms with van der Waals surface area (Å²) in [6.45, 7) is 7.12. The summed E-state index contributed by atoms with van der Waals surface area (Å²) in [4.78, 5) is 13.2. The van der Waals surface area contributed by atoms with Gasteiger partial charge in [0.25, 0.3) is 0 Å². The number of piperidine rings is 1. The predicted octanol–water partition coefficient (Wildman–Crippen LogP) is 3.57. The van der Waals surface area contributed by atoms with Gasteiger partial charge in [-0.2, -0.15) is 5.10 Å². The van der Waals surface area contributed by atoms with E-state index in [1.165, 1.54) is 5.56 Å². The van der Waals surface area contributed by atoms with Crippen molar-refractivity contribution in [3.05, 3.63) is 47.3 Å². The number of carbonyl (C=O) groups is 1. The Kier molecular flexibility index (Phi) is 5.53. The van der Waals surface area contributed by atoms with Crippen molar-refractivity contribution < 1.29 is 9.90 Å². The average molecular weight is 341 g/mol. The number of benzene rings is 1. The number of aliphatic carboxylic acids is 1. The molecule has 1 aromatic carbocycles. The molecule has 1 unspecified atom stereocenters. The van der Waals surface area contributed by atoms with Crippen LogP contribution >= 0.6 is 0 Å². The summed E-state index contributed by atoms with van der Waals surface area (Å²) in [5.41, 5.74) is 4.56. The summed E-state index contributed by atoms with van der Waals surface area (Å²) in [5.74, 6) is -0.171. The lowest BCUT2D eigenvalue weighted by Crippen LogP contribution is -2.35. The van der Waals surface area contributed by atoms with Gasteiger partial charge in [-0.25, -0.2) is 4.68 Å². The van der Waals surface area contributed by atoms with Crippen LogP contribution in [0.15, 0.2) is 30.3 Å². The molecule has 0 radical (unpaired) electrons. The highest BCUT2D eigenvalue weighted by atomic mass is 16.4. The number of aromatic nitrogens is 2. The molecule has 3 rings (SSSR count). The molecule has 1 aliphatic heterocycles. The van der Waals surface area contributed by atoms with Crippen LogP contribution < -0.4 is 0 Å². The Labute approximate surface area is 149 Å². The quantitative estimate of drug-likeness (QED) is 0.873. The molecule has 1 fully saturated rings. The first-order chi connectivity index (χ1) is 12.0. The smallest absolute Gasteiger partial charge is 0.303 e. The summed E-state index contributed by atoms with van der Waals surface area (Å²) < 4.78 is 1.97. The maximum absolute atomic E-state index is 10.8. The van der Waals surface area contributed by atoms with E-state index in [0.717, 1.165) is 56.0 Å². The number of hydrogen-bond acceptors (Lipinski definition) is 3. The van der Waals surface area contributed by atoms with Gasteiger partial charge in [-0.3, -0.25) is 9.69 Å². The van der Waals surface area contributed by atoms with Gasteiger partial charge < -0.3 is 5.11 Å². The molecule has 25 heavy (non-hydrogen) atoms. The fourth-order valence-electron chi connectivity index (χ4n) is 3.75. The SMILES string of the molecule is Cc1cc(C)n(-c2ccc(CN3CCCC(CCC(=O)O)C3)cc2)n1. The van der Waals surface area contributed by atoms with Crippen LogP contribution in [0.25, 0.3) is 5.69 Å². The first-order valence-corrected chi connectivity index (χ1v) is 9.08. The van der Waals surface area contributed by atoms with Crippen molar-refractivity contribution in [1.82, 2.24) is 14.7 Å². The monoisotopic (exact) mass is 341 g/mol. The average Bonchev–Trinajstić information content (AvgIpc) is 2.92.